The first kappa shape index (κ1) is 6.82. The Bertz CT molecular complexity index is 248. The van der Waals surface area contributed by atoms with Crippen molar-refractivity contribution in [3.8, 4) is 6.07 Å². The molecule has 0 saturated carbocycles. The zero-order valence-electron chi connectivity index (χ0n) is 5.96. The van der Waals surface area contributed by atoms with Crippen LogP contribution in [0.15, 0.2) is 35.5 Å². The van der Waals surface area contributed by atoms with Gasteiger partial charge in [-0.05, 0) is 13.0 Å². The average Bonchev–Trinajstić information content (AvgIpc) is 2.13. The van der Waals surface area contributed by atoms with E-state index >= 15 is 0 Å². The van der Waals surface area contributed by atoms with Crippen molar-refractivity contribution in [3.05, 3.63) is 35.5 Å². The largest absolute Gasteiger partial charge is 0.193 e. The van der Waals surface area contributed by atoms with Crippen LogP contribution in [0.2, 0.25) is 0 Å². The summed E-state index contributed by atoms with van der Waals surface area (Å²) >= 11 is 0. The minimum atomic E-state index is 0.768. The molecule has 0 aromatic heterocycles. The van der Waals surface area contributed by atoms with Crippen LogP contribution in [-0.4, -0.2) is 0 Å². The zero-order chi connectivity index (χ0) is 7.40. The minimum absolute atomic E-state index is 0.768. The van der Waals surface area contributed by atoms with Crippen LogP contribution in [-0.2, 0) is 0 Å². The van der Waals surface area contributed by atoms with Gasteiger partial charge in [-0.25, -0.2) is 0 Å². The molecule has 1 heteroatoms. The van der Waals surface area contributed by atoms with E-state index in [2.05, 4.69) is 6.07 Å². The predicted molar refractivity (Wildman–Crippen MR) is 41.2 cm³/mol. The van der Waals surface area contributed by atoms with Crippen LogP contribution in [0.4, 0.5) is 0 Å². The standard InChI is InChI=1S/C9H9N/c1-8-4-2-3-5-9(6-8)7-10/h2-4,6H,5H2,1H3. The number of hydrogen-bond donors (Lipinski definition) is 0. The third-order valence-corrected chi connectivity index (χ3v) is 1.38. The topological polar surface area (TPSA) is 23.8 Å². The number of hydrogen-bond acceptors (Lipinski definition) is 1. The summed E-state index contributed by atoms with van der Waals surface area (Å²) < 4.78 is 0. The molecule has 10 heavy (non-hydrogen) atoms. The maximum absolute atomic E-state index is 8.55. The molecule has 0 aromatic rings. The van der Waals surface area contributed by atoms with E-state index in [0.29, 0.717) is 0 Å². The van der Waals surface area contributed by atoms with E-state index in [1.54, 1.807) is 0 Å². The van der Waals surface area contributed by atoms with Crippen LogP contribution in [0.5, 0.6) is 0 Å². The quantitative estimate of drug-likeness (QED) is 0.495. The molecule has 0 aromatic carbocycles. The first-order valence-corrected chi connectivity index (χ1v) is 3.27. The Hall–Kier alpha value is -1.29. The first-order valence-electron chi connectivity index (χ1n) is 3.27. The maximum atomic E-state index is 8.55. The zero-order valence-corrected chi connectivity index (χ0v) is 5.96. The van der Waals surface area contributed by atoms with Crippen molar-refractivity contribution in [1.29, 1.82) is 5.26 Å². The third kappa shape index (κ3) is 1.60. The summed E-state index contributed by atoms with van der Waals surface area (Å²) in [5, 5.41) is 8.55. The molecule has 0 aliphatic heterocycles. The highest BCUT2D eigenvalue weighted by molar-refractivity contribution is 5.36. The summed E-state index contributed by atoms with van der Waals surface area (Å²) in [4.78, 5) is 0. The van der Waals surface area contributed by atoms with Gasteiger partial charge in [-0.3, -0.25) is 0 Å². The van der Waals surface area contributed by atoms with Gasteiger partial charge in [0.05, 0.1) is 6.07 Å². The normalized spacial score (nSPS) is 16.8. The fourth-order valence-electron chi connectivity index (χ4n) is 0.875. The summed E-state index contributed by atoms with van der Waals surface area (Å²) in [6.45, 7) is 1.99. The number of rotatable bonds is 0. The van der Waals surface area contributed by atoms with Crippen molar-refractivity contribution in [2.45, 2.75) is 13.3 Å². The van der Waals surface area contributed by atoms with Gasteiger partial charge in [-0.2, -0.15) is 5.26 Å². The van der Waals surface area contributed by atoms with E-state index in [0.717, 1.165) is 17.6 Å². The summed E-state index contributed by atoms with van der Waals surface area (Å²) in [5.41, 5.74) is 1.98. The van der Waals surface area contributed by atoms with Crippen molar-refractivity contribution in [2.75, 3.05) is 0 Å². The maximum Gasteiger partial charge on any atom is 0.0950 e. The molecule has 50 valence electrons. The molecule has 0 amide bonds. The van der Waals surface area contributed by atoms with Crippen molar-refractivity contribution < 1.29 is 0 Å². The Balaban J connectivity index is 2.90. The van der Waals surface area contributed by atoms with Crippen molar-refractivity contribution in [2.24, 2.45) is 0 Å². The Kier molecular flexibility index (Phi) is 2.07. The fourth-order valence-corrected chi connectivity index (χ4v) is 0.875. The molecule has 0 N–H and O–H groups in total. The Morgan fingerprint density at radius 2 is 2.40 bits per heavy atom. The van der Waals surface area contributed by atoms with Crippen LogP contribution in [0.3, 0.4) is 0 Å². The second-order valence-electron chi connectivity index (χ2n) is 2.32. The van der Waals surface area contributed by atoms with Crippen LogP contribution in [0.25, 0.3) is 0 Å². The lowest BCUT2D eigenvalue weighted by molar-refractivity contribution is 1.28. The molecular formula is C9H9N. The second-order valence-corrected chi connectivity index (χ2v) is 2.32. The lowest BCUT2D eigenvalue weighted by Crippen LogP contribution is -1.74. The molecule has 1 aliphatic rings. The molecule has 0 spiro atoms. The summed E-state index contributed by atoms with van der Waals surface area (Å²) in [5.74, 6) is 0. The van der Waals surface area contributed by atoms with E-state index in [9.17, 15) is 0 Å². The number of nitrogens with zero attached hydrogens (tertiary/aromatic N) is 1. The van der Waals surface area contributed by atoms with Crippen LogP contribution in [0.1, 0.15) is 13.3 Å². The Labute approximate surface area is 61.0 Å². The molecule has 1 rings (SSSR count). The van der Waals surface area contributed by atoms with Gasteiger partial charge in [-0.15, -0.1) is 0 Å². The second kappa shape index (κ2) is 3.03. The summed E-state index contributed by atoms with van der Waals surface area (Å²) in [6.07, 6.45) is 8.66. The van der Waals surface area contributed by atoms with E-state index in [1.807, 2.05) is 31.2 Å². The van der Waals surface area contributed by atoms with Gasteiger partial charge in [0.2, 0.25) is 0 Å². The van der Waals surface area contributed by atoms with Gasteiger partial charge in [0.25, 0.3) is 0 Å². The van der Waals surface area contributed by atoms with Crippen molar-refractivity contribution in [3.63, 3.8) is 0 Å². The minimum Gasteiger partial charge on any atom is -0.193 e. The highest BCUT2D eigenvalue weighted by Gasteiger charge is 1.94. The average molecular weight is 131 g/mol. The van der Waals surface area contributed by atoms with E-state index in [1.165, 1.54) is 0 Å². The highest BCUT2D eigenvalue weighted by Crippen LogP contribution is 2.10. The van der Waals surface area contributed by atoms with Crippen molar-refractivity contribution in [1.82, 2.24) is 0 Å². The van der Waals surface area contributed by atoms with E-state index < -0.39 is 0 Å². The van der Waals surface area contributed by atoms with Gasteiger partial charge in [-0.1, -0.05) is 23.8 Å². The Morgan fingerprint density at radius 3 is 3.10 bits per heavy atom. The molecule has 1 nitrogen and oxygen atoms in total. The molecule has 0 atom stereocenters. The molecular weight excluding hydrogens is 122 g/mol. The van der Waals surface area contributed by atoms with Gasteiger partial charge < -0.3 is 0 Å². The molecule has 0 unspecified atom stereocenters. The van der Waals surface area contributed by atoms with E-state index in [4.69, 9.17) is 5.26 Å². The molecule has 0 radical (unpaired) electrons. The van der Waals surface area contributed by atoms with Crippen molar-refractivity contribution >= 4 is 0 Å². The van der Waals surface area contributed by atoms with Gasteiger partial charge in [0.15, 0.2) is 0 Å². The summed E-state index contributed by atoms with van der Waals surface area (Å²) in [7, 11) is 0. The fraction of sp³-hybridized carbons (Fsp3) is 0.222. The molecule has 0 fully saturated rings. The third-order valence-electron chi connectivity index (χ3n) is 1.38. The Morgan fingerprint density at radius 1 is 1.60 bits per heavy atom. The smallest absolute Gasteiger partial charge is 0.0950 e. The monoisotopic (exact) mass is 131 g/mol. The number of allylic oxidation sites excluding steroid dienone is 6. The SMILES string of the molecule is CC1=CC=CCC(C#N)=C1. The molecule has 0 bridgehead atoms. The molecule has 0 saturated heterocycles. The lowest BCUT2D eigenvalue weighted by Gasteiger charge is -1.88. The van der Waals surface area contributed by atoms with Crippen LogP contribution >= 0.6 is 0 Å². The van der Waals surface area contributed by atoms with Gasteiger partial charge >= 0.3 is 0 Å². The first-order chi connectivity index (χ1) is 4.83. The summed E-state index contributed by atoms with van der Waals surface area (Å²) in [6, 6.07) is 2.14. The van der Waals surface area contributed by atoms with Crippen LogP contribution in [0, 0.1) is 11.3 Å². The molecule has 1 aliphatic carbocycles. The van der Waals surface area contributed by atoms with Gasteiger partial charge in [0.1, 0.15) is 0 Å². The van der Waals surface area contributed by atoms with Crippen LogP contribution < -0.4 is 0 Å². The number of nitriles is 1. The molecule has 0 heterocycles. The predicted octanol–water partition coefficient (Wildman–Crippen LogP) is 2.34. The highest BCUT2D eigenvalue weighted by atomic mass is 14.2. The van der Waals surface area contributed by atoms with E-state index in [-0.39, 0.29) is 0 Å². The van der Waals surface area contributed by atoms with Gasteiger partial charge in [0, 0.05) is 12.0 Å². The lowest BCUT2D eigenvalue weighted by atomic mass is 10.1.